The van der Waals surface area contributed by atoms with Gasteiger partial charge in [-0.2, -0.15) is 12.7 Å². The Morgan fingerprint density at radius 2 is 1.88 bits per heavy atom. The van der Waals surface area contributed by atoms with Crippen LogP contribution in [0.2, 0.25) is 0 Å². The molecule has 0 N–H and O–H groups in total. The highest BCUT2D eigenvalue weighted by molar-refractivity contribution is 7.84. The van der Waals surface area contributed by atoms with Crippen molar-refractivity contribution in [1.82, 2.24) is 10.2 Å². The molecule has 0 saturated heterocycles. The molecule has 0 aliphatic heterocycles. The number of nitrogens with zero attached hydrogens (tertiary/aromatic N) is 2. The third kappa shape index (κ3) is 1.74. The van der Waals surface area contributed by atoms with Crippen molar-refractivity contribution in [2.24, 2.45) is 0 Å². The van der Waals surface area contributed by atoms with Crippen LogP contribution in [0, 0.1) is 0 Å². The zero-order valence-electron chi connectivity index (χ0n) is 4.53. The Labute approximate surface area is 48.2 Å². The van der Waals surface area contributed by atoms with E-state index in [1.165, 1.54) is 14.1 Å². The molecule has 8 heavy (non-hydrogen) atoms. The van der Waals surface area contributed by atoms with Crippen molar-refractivity contribution in [3.05, 3.63) is 0 Å². The molecule has 0 aromatic carbocycles. The second kappa shape index (κ2) is 2.40. The van der Waals surface area contributed by atoms with Crippen molar-refractivity contribution < 1.29 is 12.7 Å². The van der Waals surface area contributed by atoms with Gasteiger partial charge >= 0.3 is 10.3 Å². The number of rotatable bonds is 2. The molecule has 6 heteroatoms. The molecule has 0 rings (SSSR count). The number of hydrogen-bond acceptors (Lipinski definition) is 3. The van der Waals surface area contributed by atoms with Crippen LogP contribution in [0.5, 0.6) is 0 Å². The van der Waals surface area contributed by atoms with E-state index in [-0.39, 0.29) is 0 Å². The van der Waals surface area contributed by atoms with Gasteiger partial charge in [-0.25, -0.2) is 0 Å². The van der Waals surface area contributed by atoms with Gasteiger partial charge in [0.1, 0.15) is 0 Å². The van der Waals surface area contributed by atoms with Gasteiger partial charge in [-0.05, 0) is 0 Å². The first kappa shape index (κ1) is 7.83. The Hall–Kier alpha value is -0.170. The lowest BCUT2D eigenvalue weighted by Crippen LogP contribution is -2.23. The highest BCUT2D eigenvalue weighted by Crippen LogP contribution is 1.90. The van der Waals surface area contributed by atoms with E-state index >= 15 is 0 Å². The molecule has 0 aromatic heterocycles. The summed E-state index contributed by atoms with van der Waals surface area (Å²) in [5.41, 5.74) is 0. The Morgan fingerprint density at radius 3 is 1.88 bits per heavy atom. The maximum atomic E-state index is 10.2. The van der Waals surface area contributed by atoms with E-state index in [1.807, 2.05) is 0 Å². The van der Waals surface area contributed by atoms with Crippen LogP contribution in [-0.4, -0.2) is 26.8 Å². The molecule has 2 radical (unpaired) electrons. The van der Waals surface area contributed by atoms with Gasteiger partial charge in [-0.15, -0.1) is 4.28 Å². The average Bonchev–Trinajstić information content (AvgIpc) is 1.67. The summed E-state index contributed by atoms with van der Waals surface area (Å²) in [6.45, 7) is 0. The van der Waals surface area contributed by atoms with Crippen LogP contribution >= 0.6 is 0 Å². The molecule has 48 valence electrons. The van der Waals surface area contributed by atoms with Crippen molar-refractivity contribution in [2.75, 3.05) is 14.1 Å². The molecule has 0 amide bonds. The van der Waals surface area contributed by atoms with E-state index in [2.05, 4.69) is 4.28 Å². The number of hydrogen-bond donors (Lipinski definition) is 0. The molecule has 5 nitrogen and oxygen atoms in total. The van der Waals surface area contributed by atoms with Gasteiger partial charge in [0.05, 0.1) is 5.90 Å². The van der Waals surface area contributed by atoms with Gasteiger partial charge < -0.3 is 0 Å². The molecule has 0 aliphatic carbocycles. The van der Waals surface area contributed by atoms with Crippen molar-refractivity contribution in [2.45, 2.75) is 0 Å². The Bertz CT molecular complexity index is 149. The maximum Gasteiger partial charge on any atom is 0.356 e. The lowest BCUT2D eigenvalue weighted by molar-refractivity contribution is 0.280. The van der Waals surface area contributed by atoms with Crippen molar-refractivity contribution in [1.29, 1.82) is 0 Å². The monoisotopic (exact) mass is 138 g/mol. The van der Waals surface area contributed by atoms with E-state index in [0.717, 1.165) is 4.31 Å². The highest BCUT2D eigenvalue weighted by Gasteiger charge is 2.11. The van der Waals surface area contributed by atoms with E-state index in [1.54, 1.807) is 0 Å². The maximum absolute atomic E-state index is 10.2. The van der Waals surface area contributed by atoms with Gasteiger partial charge in [0, 0.05) is 14.1 Å². The smallest absolute Gasteiger partial charge is 0.184 e. The Kier molecular flexibility index (Phi) is 2.35. The minimum Gasteiger partial charge on any atom is -0.184 e. The minimum absolute atomic E-state index is 0.743. The van der Waals surface area contributed by atoms with Crippen LogP contribution in [0.25, 0.3) is 0 Å². The van der Waals surface area contributed by atoms with Gasteiger partial charge in [0.2, 0.25) is 0 Å². The van der Waals surface area contributed by atoms with E-state index < -0.39 is 10.3 Å². The van der Waals surface area contributed by atoms with E-state index in [9.17, 15) is 8.42 Å². The van der Waals surface area contributed by atoms with Crippen LogP contribution in [0.1, 0.15) is 0 Å². The molecule has 0 aliphatic rings. The van der Waals surface area contributed by atoms with Crippen LogP contribution in [0.15, 0.2) is 0 Å². The first-order valence-corrected chi connectivity index (χ1v) is 3.12. The van der Waals surface area contributed by atoms with Crippen LogP contribution in [0.4, 0.5) is 0 Å². The fourth-order valence-corrected chi connectivity index (χ4v) is 0.200. The summed E-state index contributed by atoms with van der Waals surface area (Å²) < 4.78 is 24.1. The predicted molar refractivity (Wildman–Crippen MR) is 25.8 cm³/mol. The molecule has 0 unspecified atom stereocenters. The van der Waals surface area contributed by atoms with Crippen molar-refractivity contribution >= 4 is 10.3 Å². The van der Waals surface area contributed by atoms with Crippen LogP contribution in [0.3, 0.4) is 0 Å². The fourth-order valence-electron chi connectivity index (χ4n) is 0.0667. The molecule has 0 bridgehead atoms. The van der Waals surface area contributed by atoms with Gasteiger partial charge in [-0.1, -0.05) is 0 Å². The normalized spacial score (nSPS) is 12.5. The Balaban J connectivity index is 4.17. The summed E-state index contributed by atoms with van der Waals surface area (Å²) in [5.74, 6) is 7.63. The topological polar surface area (TPSA) is 68.9 Å². The third-order valence-electron chi connectivity index (χ3n) is 0.541. The van der Waals surface area contributed by atoms with Crippen molar-refractivity contribution in [3.8, 4) is 0 Å². The lowest BCUT2D eigenvalue weighted by Gasteiger charge is -2.03. The molecule has 0 heterocycles. The third-order valence-corrected chi connectivity index (χ3v) is 1.62. The first-order chi connectivity index (χ1) is 3.50. The summed E-state index contributed by atoms with van der Waals surface area (Å²) in [6.07, 6.45) is 0. The minimum atomic E-state index is -3.85. The highest BCUT2D eigenvalue weighted by atomic mass is 32.2. The van der Waals surface area contributed by atoms with Gasteiger partial charge in [0.25, 0.3) is 0 Å². The molecule has 0 saturated carbocycles. The average molecular weight is 138 g/mol. The zero-order valence-corrected chi connectivity index (χ0v) is 5.34. The second-order valence-corrected chi connectivity index (χ2v) is 3.05. The van der Waals surface area contributed by atoms with Crippen LogP contribution < -0.4 is 5.90 Å². The second-order valence-electron chi connectivity index (χ2n) is 1.31. The largest absolute Gasteiger partial charge is 0.356 e. The summed E-state index contributed by atoms with van der Waals surface area (Å²) in [5, 5.41) is 0. The van der Waals surface area contributed by atoms with Gasteiger partial charge in [-0.3, -0.25) is 0 Å². The van der Waals surface area contributed by atoms with Gasteiger partial charge in [0.15, 0.2) is 0 Å². The SMILES string of the molecule is CN(C)S(=O)(=O)O[N]. The molecule has 0 fully saturated rings. The molecule has 0 atom stereocenters. The molecular weight excluding hydrogens is 132 g/mol. The molecule has 0 spiro atoms. The summed E-state index contributed by atoms with van der Waals surface area (Å²) in [7, 11) is -1.36. The first-order valence-electron chi connectivity index (χ1n) is 1.76. The zero-order chi connectivity index (χ0) is 6.78. The molecular formula is C2H6N2O3S. The summed E-state index contributed by atoms with van der Waals surface area (Å²) >= 11 is 0. The summed E-state index contributed by atoms with van der Waals surface area (Å²) in [4.78, 5) is 0. The predicted octanol–water partition coefficient (Wildman–Crippen LogP) is -1.21. The van der Waals surface area contributed by atoms with E-state index in [0.29, 0.717) is 0 Å². The standard InChI is InChI=1S/C2H6N2O3S/c1-4(2)8(5,6)7-3/h1-2H3. The molecule has 0 aromatic rings. The fraction of sp³-hybridized carbons (Fsp3) is 1.00. The van der Waals surface area contributed by atoms with Crippen LogP contribution in [-0.2, 0) is 14.6 Å². The lowest BCUT2D eigenvalue weighted by atomic mass is 11.3. The summed E-state index contributed by atoms with van der Waals surface area (Å²) in [6, 6.07) is 0. The quantitative estimate of drug-likeness (QED) is 0.450. The van der Waals surface area contributed by atoms with E-state index in [4.69, 9.17) is 5.90 Å². The Morgan fingerprint density at radius 1 is 1.50 bits per heavy atom. The van der Waals surface area contributed by atoms with Crippen molar-refractivity contribution in [3.63, 3.8) is 0 Å².